The lowest BCUT2D eigenvalue weighted by molar-refractivity contribution is 0.102. The summed E-state index contributed by atoms with van der Waals surface area (Å²) >= 11 is 4.69. The highest BCUT2D eigenvalue weighted by atomic mass is 79.9. The van der Waals surface area contributed by atoms with Crippen molar-refractivity contribution in [1.82, 2.24) is 10.2 Å². The number of nitrogens with one attached hydrogen (secondary N) is 1. The smallest absolute Gasteiger partial charge is 0.257 e. The standard InChI is InChI=1S/C15H10BrN3OS/c16-12-8-6-10(7-9-12)13(20)17-15-19-18-14(21-15)11-4-2-1-3-5-11/h1-9H,(H,17,19,20). The van der Waals surface area contributed by atoms with E-state index in [4.69, 9.17) is 0 Å². The van der Waals surface area contributed by atoms with Gasteiger partial charge in [0.2, 0.25) is 5.13 Å². The predicted molar refractivity (Wildman–Crippen MR) is 87.4 cm³/mol. The zero-order valence-corrected chi connectivity index (χ0v) is 13.2. The molecule has 6 heteroatoms. The molecule has 0 spiro atoms. The maximum Gasteiger partial charge on any atom is 0.257 e. The van der Waals surface area contributed by atoms with Gasteiger partial charge in [-0.15, -0.1) is 10.2 Å². The van der Waals surface area contributed by atoms with E-state index in [-0.39, 0.29) is 5.91 Å². The lowest BCUT2D eigenvalue weighted by atomic mass is 10.2. The summed E-state index contributed by atoms with van der Waals surface area (Å²) in [6.07, 6.45) is 0. The first-order chi connectivity index (χ1) is 10.2. The molecule has 1 heterocycles. The zero-order chi connectivity index (χ0) is 14.7. The number of halogens is 1. The molecular weight excluding hydrogens is 350 g/mol. The van der Waals surface area contributed by atoms with Gasteiger partial charge in [0, 0.05) is 15.6 Å². The largest absolute Gasteiger partial charge is 0.296 e. The fraction of sp³-hybridized carbons (Fsp3) is 0. The monoisotopic (exact) mass is 359 g/mol. The second-order valence-corrected chi connectivity index (χ2v) is 6.13. The van der Waals surface area contributed by atoms with Crippen molar-refractivity contribution in [3.05, 3.63) is 64.6 Å². The number of hydrogen-bond acceptors (Lipinski definition) is 4. The lowest BCUT2D eigenvalue weighted by Gasteiger charge is -2.00. The Hall–Kier alpha value is -2.05. The highest BCUT2D eigenvalue weighted by Crippen LogP contribution is 2.26. The second-order valence-electron chi connectivity index (χ2n) is 4.24. The van der Waals surface area contributed by atoms with Gasteiger partial charge in [0.25, 0.3) is 5.91 Å². The van der Waals surface area contributed by atoms with Gasteiger partial charge in [-0.05, 0) is 24.3 Å². The van der Waals surface area contributed by atoms with Crippen LogP contribution in [0.2, 0.25) is 0 Å². The zero-order valence-electron chi connectivity index (χ0n) is 10.8. The summed E-state index contributed by atoms with van der Waals surface area (Å²) < 4.78 is 0.932. The molecule has 0 saturated carbocycles. The molecule has 0 bridgehead atoms. The van der Waals surface area contributed by atoms with Gasteiger partial charge in [0.05, 0.1) is 0 Å². The van der Waals surface area contributed by atoms with E-state index in [1.165, 1.54) is 11.3 Å². The molecule has 0 aliphatic carbocycles. The summed E-state index contributed by atoms with van der Waals surface area (Å²) in [5, 5.41) is 12.1. The minimum absolute atomic E-state index is 0.196. The molecule has 0 saturated heterocycles. The minimum atomic E-state index is -0.196. The number of rotatable bonds is 3. The number of carbonyl (C=O) groups excluding carboxylic acids is 1. The molecule has 0 unspecified atom stereocenters. The fourth-order valence-corrected chi connectivity index (χ4v) is 2.75. The van der Waals surface area contributed by atoms with Gasteiger partial charge in [-0.2, -0.15) is 0 Å². The Bertz CT molecular complexity index is 756. The topological polar surface area (TPSA) is 54.9 Å². The summed E-state index contributed by atoms with van der Waals surface area (Å²) in [6.45, 7) is 0. The highest BCUT2D eigenvalue weighted by Gasteiger charge is 2.10. The molecule has 21 heavy (non-hydrogen) atoms. The molecule has 1 aromatic heterocycles. The van der Waals surface area contributed by atoms with Gasteiger partial charge < -0.3 is 0 Å². The van der Waals surface area contributed by atoms with Crippen molar-refractivity contribution in [3.63, 3.8) is 0 Å². The number of anilines is 1. The molecule has 0 aliphatic heterocycles. The van der Waals surface area contributed by atoms with E-state index in [0.29, 0.717) is 10.7 Å². The maximum absolute atomic E-state index is 12.1. The normalized spacial score (nSPS) is 10.3. The van der Waals surface area contributed by atoms with Crippen molar-refractivity contribution in [2.75, 3.05) is 5.32 Å². The van der Waals surface area contributed by atoms with E-state index in [1.807, 2.05) is 42.5 Å². The Morgan fingerprint density at radius 1 is 1.00 bits per heavy atom. The number of nitrogens with zero attached hydrogens (tertiary/aromatic N) is 2. The molecular formula is C15H10BrN3OS. The number of amides is 1. The van der Waals surface area contributed by atoms with E-state index in [9.17, 15) is 4.79 Å². The van der Waals surface area contributed by atoms with Gasteiger partial charge in [-0.1, -0.05) is 57.6 Å². The Balaban J connectivity index is 1.75. The van der Waals surface area contributed by atoms with Gasteiger partial charge in [-0.25, -0.2) is 0 Å². The van der Waals surface area contributed by atoms with Crippen LogP contribution in [0.5, 0.6) is 0 Å². The summed E-state index contributed by atoms with van der Waals surface area (Å²) in [4.78, 5) is 12.1. The van der Waals surface area contributed by atoms with E-state index >= 15 is 0 Å². The van der Waals surface area contributed by atoms with Crippen LogP contribution in [-0.2, 0) is 0 Å². The van der Waals surface area contributed by atoms with Crippen molar-refractivity contribution >= 4 is 38.3 Å². The average molecular weight is 360 g/mol. The summed E-state index contributed by atoms with van der Waals surface area (Å²) in [5.74, 6) is -0.196. The molecule has 0 atom stereocenters. The van der Waals surface area contributed by atoms with Crippen LogP contribution >= 0.6 is 27.3 Å². The third-order valence-corrected chi connectivity index (χ3v) is 4.19. The first-order valence-corrected chi connectivity index (χ1v) is 7.79. The van der Waals surface area contributed by atoms with Gasteiger partial charge in [-0.3, -0.25) is 10.1 Å². The third kappa shape index (κ3) is 3.34. The molecule has 2 aromatic carbocycles. The number of carbonyl (C=O) groups is 1. The highest BCUT2D eigenvalue weighted by molar-refractivity contribution is 9.10. The molecule has 3 rings (SSSR count). The minimum Gasteiger partial charge on any atom is -0.296 e. The second kappa shape index (κ2) is 6.15. The van der Waals surface area contributed by atoms with Crippen LogP contribution in [0.25, 0.3) is 10.6 Å². The van der Waals surface area contributed by atoms with Crippen LogP contribution in [-0.4, -0.2) is 16.1 Å². The van der Waals surface area contributed by atoms with Crippen LogP contribution in [0, 0.1) is 0 Å². The Labute approximate surface area is 134 Å². The van der Waals surface area contributed by atoms with E-state index in [2.05, 4.69) is 31.4 Å². The summed E-state index contributed by atoms with van der Waals surface area (Å²) in [6, 6.07) is 16.9. The molecule has 104 valence electrons. The van der Waals surface area contributed by atoms with Crippen LogP contribution in [0.3, 0.4) is 0 Å². The molecule has 0 aliphatic rings. The van der Waals surface area contributed by atoms with Gasteiger partial charge in [0.15, 0.2) is 0 Å². The van der Waals surface area contributed by atoms with Crippen LogP contribution in [0.4, 0.5) is 5.13 Å². The maximum atomic E-state index is 12.1. The van der Waals surface area contributed by atoms with Crippen molar-refractivity contribution in [1.29, 1.82) is 0 Å². The number of benzene rings is 2. The Morgan fingerprint density at radius 3 is 2.43 bits per heavy atom. The summed E-state index contributed by atoms with van der Waals surface area (Å²) in [7, 11) is 0. The summed E-state index contributed by atoms with van der Waals surface area (Å²) in [5.41, 5.74) is 1.56. The molecule has 0 fully saturated rings. The molecule has 1 N–H and O–H groups in total. The molecule has 4 nitrogen and oxygen atoms in total. The van der Waals surface area contributed by atoms with Crippen LogP contribution in [0.1, 0.15) is 10.4 Å². The van der Waals surface area contributed by atoms with Crippen molar-refractivity contribution < 1.29 is 4.79 Å². The fourth-order valence-electron chi connectivity index (χ4n) is 1.74. The molecule has 1 amide bonds. The SMILES string of the molecule is O=C(Nc1nnc(-c2ccccc2)s1)c1ccc(Br)cc1. The average Bonchev–Trinajstić information content (AvgIpc) is 2.97. The van der Waals surface area contributed by atoms with E-state index < -0.39 is 0 Å². The Morgan fingerprint density at radius 2 is 1.71 bits per heavy atom. The quantitative estimate of drug-likeness (QED) is 0.761. The first kappa shape index (κ1) is 13.9. The van der Waals surface area contributed by atoms with E-state index in [0.717, 1.165) is 15.0 Å². The molecule has 3 aromatic rings. The van der Waals surface area contributed by atoms with Gasteiger partial charge >= 0.3 is 0 Å². The predicted octanol–water partition coefficient (Wildman–Crippen LogP) is 4.22. The first-order valence-electron chi connectivity index (χ1n) is 6.18. The number of aromatic nitrogens is 2. The van der Waals surface area contributed by atoms with Gasteiger partial charge in [0.1, 0.15) is 5.01 Å². The van der Waals surface area contributed by atoms with Crippen molar-refractivity contribution in [3.8, 4) is 10.6 Å². The van der Waals surface area contributed by atoms with Crippen LogP contribution in [0.15, 0.2) is 59.1 Å². The number of hydrogen-bond donors (Lipinski definition) is 1. The van der Waals surface area contributed by atoms with E-state index in [1.54, 1.807) is 12.1 Å². The third-order valence-electron chi connectivity index (χ3n) is 2.77. The Kier molecular flexibility index (Phi) is 4.08. The van der Waals surface area contributed by atoms with Crippen LogP contribution < -0.4 is 5.32 Å². The van der Waals surface area contributed by atoms with Crippen molar-refractivity contribution in [2.24, 2.45) is 0 Å². The van der Waals surface area contributed by atoms with Crippen molar-refractivity contribution in [2.45, 2.75) is 0 Å². The lowest BCUT2D eigenvalue weighted by Crippen LogP contribution is -2.11. The molecule has 0 radical (unpaired) electrons.